The lowest BCUT2D eigenvalue weighted by Crippen LogP contribution is -2.44. The van der Waals surface area contributed by atoms with E-state index in [0.717, 1.165) is 49.1 Å². The molecular weight excluding hydrogens is 330 g/mol. The molecule has 0 unspecified atom stereocenters. The third kappa shape index (κ3) is 2.23. The number of rotatable bonds is 1. The predicted molar refractivity (Wildman–Crippen MR) is 78.5 cm³/mol. The number of hydrogen-bond donors (Lipinski definition) is 1. The van der Waals surface area contributed by atoms with Crippen LogP contribution in [0.15, 0.2) is 16.9 Å². The lowest BCUT2D eigenvalue weighted by atomic mass is 9.77. The molecule has 1 amide bonds. The summed E-state index contributed by atoms with van der Waals surface area (Å²) in [5.74, 6) is 0.229. The van der Waals surface area contributed by atoms with Crippen molar-refractivity contribution in [2.24, 2.45) is 5.41 Å². The number of carbonyl (C=O) groups is 1. The third-order valence-electron chi connectivity index (χ3n) is 4.24. The van der Waals surface area contributed by atoms with Crippen molar-refractivity contribution >= 4 is 39.1 Å². The molecule has 0 atom stereocenters. The van der Waals surface area contributed by atoms with Crippen LogP contribution in [0.5, 0.6) is 0 Å². The second-order valence-corrected chi connectivity index (χ2v) is 6.49. The number of halogens is 2. The minimum Gasteiger partial charge on any atom is -0.369 e. The highest BCUT2D eigenvalue weighted by Crippen LogP contribution is 2.42. The highest BCUT2D eigenvalue weighted by atomic mass is 79.9. The number of nitrogens with one attached hydrogen (secondary N) is 1. The molecule has 0 aromatic carbocycles. The maximum absolute atomic E-state index is 12.0. The molecule has 2 aliphatic heterocycles. The molecule has 2 aliphatic rings. The molecule has 3 heterocycles. The van der Waals surface area contributed by atoms with Crippen LogP contribution in [0.2, 0.25) is 5.02 Å². The predicted octanol–water partition coefficient (Wildman–Crippen LogP) is 2.60. The van der Waals surface area contributed by atoms with Crippen LogP contribution in [-0.4, -0.2) is 30.5 Å². The van der Waals surface area contributed by atoms with Gasteiger partial charge in [0.2, 0.25) is 5.91 Å². The van der Waals surface area contributed by atoms with Crippen LogP contribution in [0, 0.1) is 5.41 Å². The number of nitrogens with zero attached hydrogens (tertiary/aromatic N) is 2. The number of carbonyl (C=O) groups excluding carboxylic acids is 1. The fourth-order valence-electron chi connectivity index (χ4n) is 3.06. The smallest absolute Gasteiger partial charge is 0.226 e. The van der Waals surface area contributed by atoms with Gasteiger partial charge in [-0.3, -0.25) is 9.78 Å². The van der Waals surface area contributed by atoms with Crippen LogP contribution in [0.25, 0.3) is 0 Å². The maximum Gasteiger partial charge on any atom is 0.226 e. The maximum atomic E-state index is 12.0. The summed E-state index contributed by atoms with van der Waals surface area (Å²) in [6.45, 7) is 2.53. The zero-order valence-corrected chi connectivity index (χ0v) is 12.8. The topological polar surface area (TPSA) is 45.2 Å². The second kappa shape index (κ2) is 4.94. The van der Waals surface area contributed by atoms with E-state index in [9.17, 15) is 4.79 Å². The Kier molecular flexibility index (Phi) is 3.43. The Balaban J connectivity index is 1.79. The Hall–Kier alpha value is -0.810. The summed E-state index contributed by atoms with van der Waals surface area (Å²) in [6, 6.07) is 0. The highest BCUT2D eigenvalue weighted by molar-refractivity contribution is 9.10. The first kappa shape index (κ1) is 13.2. The quantitative estimate of drug-likeness (QED) is 0.852. The van der Waals surface area contributed by atoms with Crippen molar-refractivity contribution in [2.45, 2.75) is 19.3 Å². The summed E-state index contributed by atoms with van der Waals surface area (Å²) in [5, 5.41) is 3.61. The summed E-state index contributed by atoms with van der Waals surface area (Å²) >= 11 is 9.73. The first-order valence-corrected chi connectivity index (χ1v) is 7.62. The van der Waals surface area contributed by atoms with Crippen molar-refractivity contribution in [3.05, 3.63) is 21.9 Å². The SMILES string of the molecule is O=C1NCCC12CCN(c1c(Cl)cncc1Br)CC2. The average molecular weight is 345 g/mol. The fourth-order valence-corrected chi connectivity index (χ4v) is 4.03. The molecule has 4 nitrogen and oxygen atoms in total. The highest BCUT2D eigenvalue weighted by Gasteiger charge is 2.44. The molecular formula is C13H15BrClN3O. The molecule has 1 N–H and O–H groups in total. The molecule has 0 bridgehead atoms. The first-order valence-electron chi connectivity index (χ1n) is 6.45. The van der Waals surface area contributed by atoms with Crippen LogP contribution in [0.3, 0.4) is 0 Å². The lowest BCUT2D eigenvalue weighted by Gasteiger charge is -2.39. The Bertz CT molecular complexity index is 494. The molecule has 19 heavy (non-hydrogen) atoms. The van der Waals surface area contributed by atoms with Crippen LogP contribution in [0.1, 0.15) is 19.3 Å². The normalized spacial score (nSPS) is 21.8. The van der Waals surface area contributed by atoms with Crippen LogP contribution in [-0.2, 0) is 4.79 Å². The number of piperidine rings is 1. The van der Waals surface area contributed by atoms with E-state index < -0.39 is 0 Å². The zero-order chi connectivity index (χ0) is 13.5. The van der Waals surface area contributed by atoms with Gasteiger partial charge in [-0.2, -0.15) is 0 Å². The van der Waals surface area contributed by atoms with Crippen molar-refractivity contribution in [3.63, 3.8) is 0 Å². The Morgan fingerprint density at radius 1 is 1.32 bits per heavy atom. The van der Waals surface area contributed by atoms with Gasteiger partial charge in [0.1, 0.15) is 0 Å². The van der Waals surface area contributed by atoms with E-state index in [1.54, 1.807) is 12.4 Å². The molecule has 3 rings (SSSR count). The summed E-state index contributed by atoms with van der Waals surface area (Å²) < 4.78 is 0.909. The Morgan fingerprint density at radius 3 is 2.63 bits per heavy atom. The van der Waals surface area contributed by atoms with Crippen molar-refractivity contribution in [3.8, 4) is 0 Å². The largest absolute Gasteiger partial charge is 0.369 e. The molecule has 2 saturated heterocycles. The van der Waals surface area contributed by atoms with Gasteiger partial charge in [0.05, 0.1) is 20.6 Å². The summed E-state index contributed by atoms with van der Waals surface area (Å²) in [4.78, 5) is 18.2. The first-order chi connectivity index (χ1) is 9.12. The molecule has 2 fully saturated rings. The second-order valence-electron chi connectivity index (χ2n) is 5.23. The standard InChI is InChI=1S/C13H15BrClN3O/c14-9-7-16-8-10(15)11(9)18-5-2-13(3-6-18)1-4-17-12(13)19/h7-8H,1-6H2,(H,17,19). The Morgan fingerprint density at radius 2 is 2.05 bits per heavy atom. The minimum atomic E-state index is -0.136. The van der Waals surface area contributed by atoms with Crippen LogP contribution < -0.4 is 10.2 Å². The monoisotopic (exact) mass is 343 g/mol. The minimum absolute atomic E-state index is 0.136. The number of hydrogen-bond acceptors (Lipinski definition) is 3. The van der Waals surface area contributed by atoms with Gasteiger partial charge in [0, 0.05) is 32.0 Å². The molecule has 102 valence electrons. The molecule has 6 heteroatoms. The molecule has 1 spiro atoms. The van der Waals surface area contributed by atoms with E-state index in [0.29, 0.717) is 5.02 Å². The van der Waals surface area contributed by atoms with Gasteiger partial charge in [0.25, 0.3) is 0 Å². The lowest BCUT2D eigenvalue weighted by molar-refractivity contribution is -0.128. The summed E-state index contributed by atoms with van der Waals surface area (Å²) in [7, 11) is 0. The molecule has 0 saturated carbocycles. The number of amides is 1. The van der Waals surface area contributed by atoms with Crippen molar-refractivity contribution in [1.82, 2.24) is 10.3 Å². The number of anilines is 1. The van der Waals surface area contributed by atoms with E-state index in [-0.39, 0.29) is 11.3 Å². The van der Waals surface area contributed by atoms with E-state index in [1.165, 1.54) is 0 Å². The zero-order valence-electron chi connectivity index (χ0n) is 10.5. The van der Waals surface area contributed by atoms with Gasteiger partial charge in [-0.15, -0.1) is 0 Å². The van der Waals surface area contributed by atoms with Crippen LogP contribution in [0.4, 0.5) is 5.69 Å². The number of aromatic nitrogens is 1. The van der Waals surface area contributed by atoms with E-state index in [1.807, 2.05) is 0 Å². The number of pyridine rings is 1. The van der Waals surface area contributed by atoms with Gasteiger partial charge in [-0.05, 0) is 35.2 Å². The Labute approximate surface area is 125 Å². The van der Waals surface area contributed by atoms with Gasteiger partial charge in [0.15, 0.2) is 0 Å². The average Bonchev–Trinajstić information content (AvgIpc) is 2.73. The van der Waals surface area contributed by atoms with Crippen molar-refractivity contribution < 1.29 is 4.79 Å². The van der Waals surface area contributed by atoms with Crippen LogP contribution >= 0.6 is 27.5 Å². The van der Waals surface area contributed by atoms with Gasteiger partial charge < -0.3 is 10.2 Å². The van der Waals surface area contributed by atoms with E-state index in [2.05, 4.69) is 31.1 Å². The molecule has 1 aromatic rings. The molecule has 0 radical (unpaired) electrons. The van der Waals surface area contributed by atoms with Gasteiger partial charge in [-0.1, -0.05) is 11.6 Å². The van der Waals surface area contributed by atoms with E-state index in [4.69, 9.17) is 11.6 Å². The van der Waals surface area contributed by atoms with Gasteiger partial charge in [-0.25, -0.2) is 0 Å². The third-order valence-corrected chi connectivity index (χ3v) is 5.09. The van der Waals surface area contributed by atoms with Gasteiger partial charge >= 0.3 is 0 Å². The summed E-state index contributed by atoms with van der Waals surface area (Å²) in [5.41, 5.74) is 0.854. The fraction of sp³-hybridized carbons (Fsp3) is 0.538. The van der Waals surface area contributed by atoms with Crippen molar-refractivity contribution in [2.75, 3.05) is 24.5 Å². The van der Waals surface area contributed by atoms with Crippen molar-refractivity contribution in [1.29, 1.82) is 0 Å². The molecule has 1 aromatic heterocycles. The molecule has 0 aliphatic carbocycles. The van der Waals surface area contributed by atoms with E-state index >= 15 is 0 Å². The summed E-state index contributed by atoms with van der Waals surface area (Å²) in [6.07, 6.45) is 6.17.